The predicted molar refractivity (Wildman–Crippen MR) is 75.4 cm³/mol. The molecule has 82 valence electrons. The molecular weight excluding hydrogens is 381 g/mol. The van der Waals surface area contributed by atoms with E-state index in [0.29, 0.717) is 12.5 Å². The third kappa shape index (κ3) is 3.18. The predicted octanol–water partition coefficient (Wildman–Crippen LogP) is 4.03. The summed E-state index contributed by atoms with van der Waals surface area (Å²) in [5.74, 6) is 0.629. The Kier molecular flexibility index (Phi) is 4.17. The number of halogens is 2. The molecule has 4 heteroatoms. The van der Waals surface area contributed by atoms with Crippen LogP contribution in [0.25, 0.3) is 0 Å². The quantitative estimate of drug-likeness (QED) is 0.739. The van der Waals surface area contributed by atoms with Crippen LogP contribution in [0.1, 0.15) is 5.56 Å². The highest BCUT2D eigenvalue weighted by atomic mass is 127. The van der Waals surface area contributed by atoms with E-state index < -0.39 is 0 Å². The smallest absolute Gasteiger partial charge is 0.228 e. The van der Waals surface area contributed by atoms with Crippen molar-refractivity contribution >= 4 is 38.5 Å². The topological polar surface area (TPSA) is 22.1 Å². The fourth-order valence-corrected chi connectivity index (χ4v) is 2.58. The van der Waals surface area contributed by atoms with Gasteiger partial charge in [-0.25, -0.2) is 4.98 Å². The number of rotatable bonds is 3. The maximum atomic E-state index is 5.62. The van der Waals surface area contributed by atoms with Crippen molar-refractivity contribution in [2.24, 2.45) is 0 Å². The van der Waals surface area contributed by atoms with E-state index in [-0.39, 0.29) is 0 Å². The van der Waals surface area contributed by atoms with Gasteiger partial charge in [-0.05, 0) is 50.2 Å². The average Bonchev–Trinajstić information content (AvgIpc) is 2.29. The van der Waals surface area contributed by atoms with E-state index in [4.69, 9.17) is 4.74 Å². The first-order chi connectivity index (χ1) is 7.75. The molecule has 2 rings (SSSR count). The van der Waals surface area contributed by atoms with Crippen LogP contribution in [-0.4, -0.2) is 4.98 Å². The highest BCUT2D eigenvalue weighted by Crippen LogP contribution is 2.24. The monoisotopic (exact) mass is 389 g/mol. The second-order valence-corrected chi connectivity index (χ2v) is 5.31. The van der Waals surface area contributed by atoms with Gasteiger partial charge in [-0.15, -0.1) is 0 Å². The van der Waals surface area contributed by atoms with Crippen molar-refractivity contribution in [3.05, 3.63) is 56.2 Å². The van der Waals surface area contributed by atoms with Crippen molar-refractivity contribution in [1.82, 2.24) is 4.98 Å². The van der Waals surface area contributed by atoms with E-state index in [1.165, 1.54) is 0 Å². The van der Waals surface area contributed by atoms with Crippen molar-refractivity contribution in [2.45, 2.75) is 6.61 Å². The van der Waals surface area contributed by atoms with Crippen LogP contribution < -0.4 is 4.74 Å². The highest BCUT2D eigenvalue weighted by molar-refractivity contribution is 14.1. The van der Waals surface area contributed by atoms with Gasteiger partial charge in [0.1, 0.15) is 6.61 Å². The van der Waals surface area contributed by atoms with Gasteiger partial charge in [0.25, 0.3) is 0 Å². The van der Waals surface area contributed by atoms with Crippen LogP contribution in [-0.2, 0) is 6.61 Å². The molecule has 0 atom stereocenters. The van der Waals surface area contributed by atoms with E-state index in [0.717, 1.165) is 13.6 Å². The molecule has 0 radical (unpaired) electrons. The van der Waals surface area contributed by atoms with Crippen molar-refractivity contribution in [3.8, 4) is 5.88 Å². The van der Waals surface area contributed by atoms with Crippen LogP contribution in [0, 0.1) is 3.57 Å². The summed E-state index contributed by atoms with van der Waals surface area (Å²) in [7, 11) is 0. The number of pyridine rings is 1. The summed E-state index contributed by atoms with van der Waals surface area (Å²) in [5, 5.41) is 0. The maximum absolute atomic E-state index is 5.62. The normalized spacial score (nSPS) is 10.1. The largest absolute Gasteiger partial charge is 0.472 e. The molecule has 16 heavy (non-hydrogen) atoms. The SMILES string of the molecule is Brc1cc(I)cnc1OCc1ccccc1. The molecule has 0 aliphatic rings. The van der Waals surface area contributed by atoms with Crippen LogP contribution in [0.3, 0.4) is 0 Å². The summed E-state index contributed by atoms with van der Waals surface area (Å²) in [4.78, 5) is 4.22. The van der Waals surface area contributed by atoms with E-state index in [1.807, 2.05) is 36.4 Å². The van der Waals surface area contributed by atoms with Crippen LogP contribution in [0.2, 0.25) is 0 Å². The molecule has 1 heterocycles. The van der Waals surface area contributed by atoms with Gasteiger partial charge < -0.3 is 4.74 Å². The minimum absolute atomic E-state index is 0.535. The summed E-state index contributed by atoms with van der Waals surface area (Å²) in [5.41, 5.74) is 1.13. The molecule has 0 aliphatic carbocycles. The fourth-order valence-electron chi connectivity index (χ4n) is 1.23. The molecule has 0 saturated carbocycles. The summed E-state index contributed by atoms with van der Waals surface area (Å²) in [6, 6.07) is 12.0. The Balaban J connectivity index is 2.05. The second-order valence-electron chi connectivity index (χ2n) is 3.21. The van der Waals surface area contributed by atoms with E-state index in [1.54, 1.807) is 6.20 Å². The van der Waals surface area contributed by atoms with Crippen molar-refractivity contribution in [3.63, 3.8) is 0 Å². The molecule has 0 unspecified atom stereocenters. The Hall–Kier alpha value is -0.620. The van der Waals surface area contributed by atoms with Crippen molar-refractivity contribution < 1.29 is 4.74 Å². The summed E-state index contributed by atoms with van der Waals surface area (Å²) in [6.07, 6.45) is 1.78. The standard InChI is InChI=1S/C12H9BrINO/c13-11-6-10(14)7-15-12(11)16-8-9-4-2-1-3-5-9/h1-7H,8H2. The van der Waals surface area contributed by atoms with Gasteiger partial charge in [-0.2, -0.15) is 0 Å². The minimum Gasteiger partial charge on any atom is -0.472 e. The summed E-state index contributed by atoms with van der Waals surface area (Å²) in [6.45, 7) is 0.535. The van der Waals surface area contributed by atoms with E-state index in [2.05, 4.69) is 43.5 Å². The average molecular weight is 390 g/mol. The van der Waals surface area contributed by atoms with Gasteiger partial charge in [-0.3, -0.25) is 0 Å². The Bertz CT molecular complexity index is 476. The second kappa shape index (κ2) is 5.63. The first-order valence-electron chi connectivity index (χ1n) is 4.73. The maximum Gasteiger partial charge on any atom is 0.228 e. The number of aromatic nitrogens is 1. The molecule has 0 bridgehead atoms. The lowest BCUT2D eigenvalue weighted by Crippen LogP contribution is -1.97. The Morgan fingerprint density at radius 2 is 2.00 bits per heavy atom. The van der Waals surface area contributed by atoms with Crippen LogP contribution in [0.15, 0.2) is 47.1 Å². The zero-order valence-corrected chi connectivity index (χ0v) is 12.1. The molecule has 2 nitrogen and oxygen atoms in total. The number of benzene rings is 1. The minimum atomic E-state index is 0.535. The Morgan fingerprint density at radius 1 is 1.25 bits per heavy atom. The summed E-state index contributed by atoms with van der Waals surface area (Å²) >= 11 is 5.64. The molecule has 1 aromatic heterocycles. The third-order valence-electron chi connectivity index (χ3n) is 1.99. The lowest BCUT2D eigenvalue weighted by Gasteiger charge is -2.06. The number of hydrogen-bond donors (Lipinski definition) is 0. The molecule has 0 N–H and O–H groups in total. The van der Waals surface area contributed by atoms with E-state index in [9.17, 15) is 0 Å². The lowest BCUT2D eigenvalue weighted by molar-refractivity contribution is 0.291. The molecule has 0 fully saturated rings. The van der Waals surface area contributed by atoms with Gasteiger partial charge in [0.15, 0.2) is 0 Å². The molecule has 0 aliphatic heterocycles. The van der Waals surface area contributed by atoms with Crippen LogP contribution >= 0.6 is 38.5 Å². The lowest BCUT2D eigenvalue weighted by atomic mass is 10.2. The van der Waals surface area contributed by atoms with Gasteiger partial charge in [-0.1, -0.05) is 30.3 Å². The third-order valence-corrected chi connectivity index (χ3v) is 3.15. The van der Waals surface area contributed by atoms with Gasteiger partial charge in [0.2, 0.25) is 5.88 Å². The first kappa shape index (κ1) is 11.9. The van der Waals surface area contributed by atoms with Crippen LogP contribution in [0.4, 0.5) is 0 Å². The first-order valence-corrected chi connectivity index (χ1v) is 6.60. The Morgan fingerprint density at radius 3 is 2.69 bits per heavy atom. The zero-order valence-electron chi connectivity index (χ0n) is 8.36. The van der Waals surface area contributed by atoms with Gasteiger partial charge in [0, 0.05) is 9.77 Å². The Labute approximate surface area is 116 Å². The zero-order chi connectivity index (χ0) is 11.4. The summed E-state index contributed by atoms with van der Waals surface area (Å²) < 4.78 is 7.58. The van der Waals surface area contributed by atoms with Crippen LogP contribution in [0.5, 0.6) is 5.88 Å². The molecular formula is C12H9BrINO. The molecule has 1 aromatic carbocycles. The number of ether oxygens (including phenoxy) is 1. The number of nitrogens with zero attached hydrogens (tertiary/aromatic N) is 1. The molecule has 0 spiro atoms. The van der Waals surface area contributed by atoms with Gasteiger partial charge >= 0.3 is 0 Å². The number of hydrogen-bond acceptors (Lipinski definition) is 2. The molecule has 0 saturated heterocycles. The van der Waals surface area contributed by atoms with E-state index >= 15 is 0 Å². The molecule has 2 aromatic rings. The van der Waals surface area contributed by atoms with Gasteiger partial charge in [0.05, 0.1) is 4.47 Å². The van der Waals surface area contributed by atoms with Crippen molar-refractivity contribution in [1.29, 1.82) is 0 Å². The fraction of sp³-hybridized carbons (Fsp3) is 0.0833. The molecule has 0 amide bonds. The highest BCUT2D eigenvalue weighted by Gasteiger charge is 2.03. The van der Waals surface area contributed by atoms with Crippen molar-refractivity contribution in [2.75, 3.05) is 0 Å².